The average molecular weight is 268 g/mol. The topological polar surface area (TPSA) is 113 Å². The fourth-order valence-electron chi connectivity index (χ4n) is 0.954. The van der Waals surface area contributed by atoms with Crippen LogP contribution in [0.3, 0.4) is 0 Å². The van der Waals surface area contributed by atoms with Crippen molar-refractivity contribution in [3.05, 3.63) is 35.9 Å². The summed E-state index contributed by atoms with van der Waals surface area (Å²) < 4.78 is 0. The fourth-order valence-corrected chi connectivity index (χ4v) is 0.954. The van der Waals surface area contributed by atoms with Gasteiger partial charge in [0.2, 0.25) is 0 Å². The molecule has 106 valence electrons. The summed E-state index contributed by atoms with van der Waals surface area (Å²) in [6.07, 6.45) is 0. The molecule has 5 N–H and O–H groups in total. The van der Waals surface area contributed by atoms with E-state index in [1.54, 1.807) is 6.92 Å². The smallest absolute Gasteiger partial charge is 0.320 e. The van der Waals surface area contributed by atoms with Crippen LogP contribution in [0.2, 0.25) is 0 Å². The average Bonchev–Trinajstić information content (AvgIpc) is 2.37. The Morgan fingerprint density at radius 2 is 1.63 bits per heavy atom. The molecule has 0 aliphatic carbocycles. The largest absolute Gasteiger partial charge is 0.480 e. The van der Waals surface area contributed by atoms with E-state index in [2.05, 4.69) is 5.32 Å². The molecule has 1 rings (SSSR count). The third-order valence-electron chi connectivity index (χ3n) is 2.22. The molecule has 2 atom stereocenters. The van der Waals surface area contributed by atoms with Gasteiger partial charge in [-0.2, -0.15) is 0 Å². The SMILES string of the molecule is C[C@H](N)C(=O)O.C[C@H](NCc1ccccc1)C(=O)O. The molecule has 6 heteroatoms. The first kappa shape index (κ1) is 17.1. The number of nitrogens with two attached hydrogens (primary N) is 1. The highest BCUT2D eigenvalue weighted by molar-refractivity contribution is 5.72. The van der Waals surface area contributed by atoms with Gasteiger partial charge in [0, 0.05) is 6.54 Å². The van der Waals surface area contributed by atoms with E-state index in [0.29, 0.717) is 6.54 Å². The highest BCUT2D eigenvalue weighted by Gasteiger charge is 2.08. The van der Waals surface area contributed by atoms with Crippen molar-refractivity contribution in [1.29, 1.82) is 0 Å². The number of carboxylic acid groups (broad SMARTS) is 2. The second kappa shape index (κ2) is 9.07. The molecule has 0 spiro atoms. The second-order valence-corrected chi connectivity index (χ2v) is 4.05. The second-order valence-electron chi connectivity index (χ2n) is 4.05. The Hall–Kier alpha value is -1.92. The highest BCUT2D eigenvalue weighted by Crippen LogP contribution is 1.97. The Kier molecular flexibility index (Phi) is 8.15. The number of nitrogens with one attached hydrogen (secondary N) is 1. The Morgan fingerprint density at radius 3 is 2.00 bits per heavy atom. The number of carboxylic acids is 2. The van der Waals surface area contributed by atoms with Crippen molar-refractivity contribution >= 4 is 11.9 Å². The number of hydrogen-bond donors (Lipinski definition) is 4. The van der Waals surface area contributed by atoms with E-state index >= 15 is 0 Å². The molecule has 0 aliphatic heterocycles. The predicted octanol–water partition coefficient (Wildman–Crippen LogP) is 0.668. The predicted molar refractivity (Wildman–Crippen MR) is 71.7 cm³/mol. The molecule has 0 saturated carbocycles. The van der Waals surface area contributed by atoms with Gasteiger partial charge >= 0.3 is 11.9 Å². The lowest BCUT2D eigenvalue weighted by Crippen LogP contribution is -2.33. The van der Waals surface area contributed by atoms with Gasteiger partial charge in [-0.05, 0) is 19.4 Å². The van der Waals surface area contributed by atoms with Crippen molar-refractivity contribution < 1.29 is 19.8 Å². The Labute approximate surface area is 112 Å². The molecule has 0 aliphatic rings. The number of rotatable bonds is 5. The third kappa shape index (κ3) is 8.76. The quantitative estimate of drug-likeness (QED) is 0.624. The summed E-state index contributed by atoms with van der Waals surface area (Å²) in [5.74, 6) is -1.79. The van der Waals surface area contributed by atoms with Gasteiger partial charge in [0.1, 0.15) is 12.1 Å². The normalized spacial score (nSPS) is 12.8. The van der Waals surface area contributed by atoms with Crippen molar-refractivity contribution in [2.24, 2.45) is 5.73 Å². The minimum atomic E-state index is -0.963. The molecule has 0 amide bonds. The van der Waals surface area contributed by atoms with E-state index in [9.17, 15) is 9.59 Å². The summed E-state index contributed by atoms with van der Waals surface area (Å²) in [6, 6.07) is 8.49. The minimum absolute atomic E-state index is 0.500. The first-order chi connectivity index (χ1) is 8.84. The summed E-state index contributed by atoms with van der Waals surface area (Å²) in [5, 5.41) is 19.4. The molecular formula is C13H20N2O4. The summed E-state index contributed by atoms with van der Waals surface area (Å²) in [6.45, 7) is 3.64. The summed E-state index contributed by atoms with van der Waals surface area (Å²) in [4.78, 5) is 20.0. The summed E-state index contributed by atoms with van der Waals surface area (Å²) in [7, 11) is 0. The monoisotopic (exact) mass is 268 g/mol. The van der Waals surface area contributed by atoms with Crippen molar-refractivity contribution in [1.82, 2.24) is 5.32 Å². The van der Waals surface area contributed by atoms with Gasteiger partial charge in [-0.1, -0.05) is 30.3 Å². The van der Waals surface area contributed by atoms with Gasteiger partial charge in [-0.15, -0.1) is 0 Å². The fraction of sp³-hybridized carbons (Fsp3) is 0.385. The van der Waals surface area contributed by atoms with Gasteiger partial charge in [-0.25, -0.2) is 0 Å². The molecule has 19 heavy (non-hydrogen) atoms. The summed E-state index contributed by atoms with van der Waals surface area (Å²) in [5.41, 5.74) is 5.93. The molecule has 0 heterocycles. The van der Waals surface area contributed by atoms with Gasteiger partial charge in [0.25, 0.3) is 0 Å². The molecular weight excluding hydrogens is 248 g/mol. The zero-order chi connectivity index (χ0) is 14.8. The maximum absolute atomic E-state index is 10.5. The maximum atomic E-state index is 10.5. The van der Waals surface area contributed by atoms with Crippen molar-refractivity contribution in [2.75, 3.05) is 0 Å². The molecule has 0 unspecified atom stereocenters. The van der Waals surface area contributed by atoms with Crippen LogP contribution >= 0.6 is 0 Å². The lowest BCUT2D eigenvalue weighted by Gasteiger charge is -2.08. The van der Waals surface area contributed by atoms with E-state index in [4.69, 9.17) is 15.9 Å². The lowest BCUT2D eigenvalue weighted by atomic mass is 10.2. The van der Waals surface area contributed by atoms with E-state index in [0.717, 1.165) is 5.56 Å². The standard InChI is InChI=1S/C10H13NO2.C3H7NO2/c1-8(10(12)13)11-7-9-5-3-2-4-6-9;1-2(4)3(5)6/h2-6,8,11H,7H2,1H3,(H,12,13);2H,4H2,1H3,(H,5,6)/t8-;2-/m00/s1. The van der Waals surface area contributed by atoms with Crippen molar-refractivity contribution in [2.45, 2.75) is 32.5 Å². The van der Waals surface area contributed by atoms with Crippen LogP contribution in [0.25, 0.3) is 0 Å². The minimum Gasteiger partial charge on any atom is -0.480 e. The number of hydrogen-bond acceptors (Lipinski definition) is 4. The molecule has 6 nitrogen and oxygen atoms in total. The zero-order valence-corrected chi connectivity index (χ0v) is 11.0. The third-order valence-corrected chi connectivity index (χ3v) is 2.22. The molecule has 0 fully saturated rings. The molecule has 0 aromatic heterocycles. The van der Waals surface area contributed by atoms with E-state index in [1.807, 2.05) is 30.3 Å². The van der Waals surface area contributed by atoms with Gasteiger partial charge < -0.3 is 21.3 Å². The van der Waals surface area contributed by atoms with E-state index in [-0.39, 0.29) is 0 Å². The van der Waals surface area contributed by atoms with Crippen LogP contribution < -0.4 is 11.1 Å². The van der Waals surface area contributed by atoms with Crippen LogP contribution in [0.5, 0.6) is 0 Å². The summed E-state index contributed by atoms with van der Waals surface area (Å²) >= 11 is 0. The van der Waals surface area contributed by atoms with Crippen LogP contribution in [0, 0.1) is 0 Å². The molecule has 1 aromatic carbocycles. The molecule has 0 saturated heterocycles. The van der Waals surface area contributed by atoms with Gasteiger partial charge in [0.05, 0.1) is 0 Å². The number of aliphatic carboxylic acids is 2. The number of benzene rings is 1. The van der Waals surface area contributed by atoms with Crippen molar-refractivity contribution in [3.63, 3.8) is 0 Å². The Balaban J connectivity index is 0.000000459. The Morgan fingerprint density at radius 1 is 1.16 bits per heavy atom. The molecule has 0 bridgehead atoms. The number of carbonyl (C=O) groups is 2. The molecule has 1 aromatic rings. The first-order valence-corrected chi connectivity index (χ1v) is 5.83. The first-order valence-electron chi connectivity index (χ1n) is 5.83. The van der Waals surface area contributed by atoms with Crippen LogP contribution in [-0.2, 0) is 16.1 Å². The zero-order valence-electron chi connectivity index (χ0n) is 11.0. The van der Waals surface area contributed by atoms with Crippen LogP contribution in [0.4, 0.5) is 0 Å². The maximum Gasteiger partial charge on any atom is 0.320 e. The van der Waals surface area contributed by atoms with Gasteiger partial charge in [-0.3, -0.25) is 9.59 Å². The van der Waals surface area contributed by atoms with Crippen LogP contribution in [0.1, 0.15) is 19.4 Å². The van der Waals surface area contributed by atoms with Crippen LogP contribution in [-0.4, -0.2) is 34.2 Å². The van der Waals surface area contributed by atoms with Gasteiger partial charge in [0.15, 0.2) is 0 Å². The Bertz CT molecular complexity index is 393. The highest BCUT2D eigenvalue weighted by atomic mass is 16.4. The van der Waals surface area contributed by atoms with Crippen LogP contribution in [0.15, 0.2) is 30.3 Å². The van der Waals surface area contributed by atoms with E-state index in [1.165, 1.54) is 6.92 Å². The van der Waals surface area contributed by atoms with Crippen molar-refractivity contribution in [3.8, 4) is 0 Å². The lowest BCUT2D eigenvalue weighted by molar-refractivity contribution is -0.139. The van der Waals surface area contributed by atoms with E-state index < -0.39 is 24.0 Å². The molecule has 0 radical (unpaired) electrons.